The summed E-state index contributed by atoms with van der Waals surface area (Å²) in [5, 5.41) is 5.25. The lowest BCUT2D eigenvalue weighted by atomic mass is 9.93. The summed E-state index contributed by atoms with van der Waals surface area (Å²) in [5.41, 5.74) is 0.586. The van der Waals surface area contributed by atoms with Crippen molar-refractivity contribution in [2.45, 2.75) is 26.2 Å². The second-order valence-corrected chi connectivity index (χ2v) is 8.20. The summed E-state index contributed by atoms with van der Waals surface area (Å²) in [6, 6.07) is 4.71. The summed E-state index contributed by atoms with van der Waals surface area (Å²) in [6.45, 7) is 6.01. The van der Waals surface area contributed by atoms with E-state index in [2.05, 4.69) is 10.3 Å². The minimum atomic E-state index is -0.545. The number of thiazole rings is 1. The Hall–Kier alpha value is -1.89. The number of halogens is 2. The summed E-state index contributed by atoms with van der Waals surface area (Å²) < 4.78 is 1.49. The first-order valence-electron chi connectivity index (χ1n) is 7.44. The number of nitrogens with zero attached hydrogens (tertiary/aromatic N) is 2. The molecule has 0 radical (unpaired) electrons. The summed E-state index contributed by atoms with van der Waals surface area (Å²) in [5.74, 6) is -0.545. The van der Waals surface area contributed by atoms with Crippen LogP contribution >= 0.6 is 34.5 Å². The van der Waals surface area contributed by atoms with Crippen molar-refractivity contribution in [1.82, 2.24) is 9.38 Å². The fourth-order valence-electron chi connectivity index (χ4n) is 2.34. The molecule has 1 amide bonds. The zero-order valence-corrected chi connectivity index (χ0v) is 16.1. The monoisotopic (exact) mass is 395 g/mol. The number of nitrogens with one attached hydrogen (secondary N) is 1. The van der Waals surface area contributed by atoms with E-state index < -0.39 is 11.5 Å². The Balaban J connectivity index is 2.03. The van der Waals surface area contributed by atoms with E-state index in [0.717, 1.165) is 5.69 Å². The van der Waals surface area contributed by atoms with Gasteiger partial charge in [-0.1, -0.05) is 44.0 Å². The van der Waals surface area contributed by atoms with E-state index in [4.69, 9.17) is 23.2 Å². The van der Waals surface area contributed by atoms with Gasteiger partial charge in [-0.3, -0.25) is 14.0 Å². The predicted octanol–water partition coefficient (Wildman–Crippen LogP) is 4.61. The van der Waals surface area contributed by atoms with E-state index in [1.165, 1.54) is 28.0 Å². The standard InChI is InChI=1S/C17H15Cl2N3O2S/c1-17(2,3)13-8-25-16-20-7-10(15(24)22(13)16)14(23)21-9-4-5-11(18)12(19)6-9/h4-8H,1-3H3,(H,21,23). The third-order valence-electron chi connectivity index (χ3n) is 3.64. The van der Waals surface area contributed by atoms with Crippen molar-refractivity contribution in [2.75, 3.05) is 5.32 Å². The van der Waals surface area contributed by atoms with Crippen molar-refractivity contribution in [3.63, 3.8) is 0 Å². The lowest BCUT2D eigenvalue weighted by Crippen LogP contribution is -2.29. The number of benzene rings is 1. The normalized spacial score (nSPS) is 11.7. The first-order chi connectivity index (χ1) is 11.7. The summed E-state index contributed by atoms with van der Waals surface area (Å²) in [7, 11) is 0. The smallest absolute Gasteiger partial charge is 0.271 e. The van der Waals surface area contributed by atoms with Gasteiger partial charge in [-0.2, -0.15) is 0 Å². The van der Waals surface area contributed by atoms with Crippen LogP contribution in [0.5, 0.6) is 0 Å². The molecular formula is C17H15Cl2N3O2S. The van der Waals surface area contributed by atoms with Crippen LogP contribution in [0.2, 0.25) is 10.0 Å². The number of anilines is 1. The van der Waals surface area contributed by atoms with Crippen molar-refractivity contribution in [3.8, 4) is 0 Å². The molecule has 3 rings (SSSR count). The van der Waals surface area contributed by atoms with Crippen LogP contribution in [-0.2, 0) is 5.41 Å². The first kappa shape index (κ1) is 17.9. The Kier molecular flexibility index (Phi) is 4.62. The van der Waals surface area contributed by atoms with E-state index in [1.54, 1.807) is 12.1 Å². The van der Waals surface area contributed by atoms with Gasteiger partial charge < -0.3 is 5.32 Å². The van der Waals surface area contributed by atoms with Crippen LogP contribution in [0.15, 0.2) is 34.6 Å². The molecule has 0 aliphatic carbocycles. The molecule has 25 heavy (non-hydrogen) atoms. The van der Waals surface area contributed by atoms with E-state index in [0.29, 0.717) is 20.7 Å². The number of aromatic nitrogens is 2. The number of carbonyl (C=O) groups excluding carboxylic acids is 1. The molecule has 5 nitrogen and oxygen atoms in total. The quantitative estimate of drug-likeness (QED) is 0.688. The third kappa shape index (κ3) is 3.42. The average Bonchev–Trinajstić information content (AvgIpc) is 2.96. The maximum Gasteiger partial charge on any atom is 0.271 e. The Morgan fingerprint density at radius 2 is 1.96 bits per heavy atom. The van der Waals surface area contributed by atoms with Crippen LogP contribution in [0.25, 0.3) is 4.96 Å². The van der Waals surface area contributed by atoms with Gasteiger partial charge in [0.2, 0.25) is 0 Å². The molecule has 0 bridgehead atoms. The maximum atomic E-state index is 12.8. The molecule has 0 saturated carbocycles. The van der Waals surface area contributed by atoms with Crippen molar-refractivity contribution in [2.24, 2.45) is 0 Å². The highest BCUT2D eigenvalue weighted by atomic mass is 35.5. The van der Waals surface area contributed by atoms with Crippen molar-refractivity contribution in [1.29, 1.82) is 0 Å². The second-order valence-electron chi connectivity index (χ2n) is 6.55. The first-order valence-corrected chi connectivity index (χ1v) is 9.08. The Labute approximate surface area is 158 Å². The molecule has 1 N–H and O–H groups in total. The molecule has 130 valence electrons. The fourth-order valence-corrected chi connectivity index (χ4v) is 3.71. The molecule has 0 atom stereocenters. The van der Waals surface area contributed by atoms with Crippen LogP contribution in [0, 0.1) is 0 Å². The molecule has 3 aromatic rings. The SMILES string of the molecule is CC(C)(C)c1csc2ncc(C(=O)Nc3ccc(Cl)c(Cl)c3)c(=O)n12. The van der Waals surface area contributed by atoms with E-state index >= 15 is 0 Å². The third-order valence-corrected chi connectivity index (χ3v) is 5.22. The topological polar surface area (TPSA) is 63.5 Å². The Morgan fingerprint density at radius 1 is 1.24 bits per heavy atom. The molecule has 0 aliphatic heterocycles. The number of hydrogen-bond acceptors (Lipinski definition) is 4. The molecule has 0 aliphatic rings. The van der Waals surface area contributed by atoms with Gasteiger partial charge in [-0.05, 0) is 18.2 Å². The number of rotatable bonds is 2. The highest BCUT2D eigenvalue weighted by Crippen LogP contribution is 2.26. The van der Waals surface area contributed by atoms with Crippen molar-refractivity contribution < 1.29 is 4.79 Å². The number of amides is 1. The van der Waals surface area contributed by atoms with Gasteiger partial charge in [0.1, 0.15) is 5.56 Å². The minimum Gasteiger partial charge on any atom is -0.322 e. The minimum absolute atomic E-state index is 0.0347. The molecule has 0 fully saturated rings. The highest BCUT2D eigenvalue weighted by molar-refractivity contribution is 7.15. The summed E-state index contributed by atoms with van der Waals surface area (Å²) in [6.07, 6.45) is 1.30. The van der Waals surface area contributed by atoms with Gasteiger partial charge in [0.05, 0.1) is 10.0 Å². The maximum absolute atomic E-state index is 12.8. The fraction of sp³-hybridized carbons (Fsp3) is 0.235. The zero-order valence-electron chi connectivity index (χ0n) is 13.8. The van der Waals surface area contributed by atoms with Crippen LogP contribution < -0.4 is 10.9 Å². The van der Waals surface area contributed by atoms with Crippen LogP contribution in [0.1, 0.15) is 36.8 Å². The molecule has 0 spiro atoms. The lowest BCUT2D eigenvalue weighted by Gasteiger charge is -2.17. The van der Waals surface area contributed by atoms with Gasteiger partial charge >= 0.3 is 0 Å². The van der Waals surface area contributed by atoms with Crippen LogP contribution in [0.3, 0.4) is 0 Å². The molecule has 1 aromatic carbocycles. The Bertz CT molecular complexity index is 1030. The zero-order chi connectivity index (χ0) is 18.4. The molecule has 0 unspecified atom stereocenters. The highest BCUT2D eigenvalue weighted by Gasteiger charge is 2.23. The van der Waals surface area contributed by atoms with Gasteiger partial charge in [0.25, 0.3) is 11.5 Å². The average molecular weight is 396 g/mol. The molecule has 0 saturated heterocycles. The predicted molar refractivity (Wildman–Crippen MR) is 102 cm³/mol. The molecular weight excluding hydrogens is 381 g/mol. The van der Waals surface area contributed by atoms with Gasteiger partial charge in [0, 0.05) is 28.4 Å². The van der Waals surface area contributed by atoms with Gasteiger partial charge in [-0.15, -0.1) is 11.3 Å². The van der Waals surface area contributed by atoms with Gasteiger partial charge in [-0.25, -0.2) is 4.98 Å². The largest absolute Gasteiger partial charge is 0.322 e. The Morgan fingerprint density at radius 3 is 2.60 bits per heavy atom. The van der Waals surface area contributed by atoms with Crippen molar-refractivity contribution >= 4 is 51.1 Å². The number of fused-ring (bicyclic) bond motifs is 1. The van der Waals surface area contributed by atoms with E-state index in [9.17, 15) is 9.59 Å². The summed E-state index contributed by atoms with van der Waals surface area (Å²) >= 11 is 13.2. The molecule has 2 heterocycles. The summed E-state index contributed by atoms with van der Waals surface area (Å²) in [4.78, 5) is 30.2. The van der Waals surface area contributed by atoms with Crippen LogP contribution in [-0.4, -0.2) is 15.3 Å². The van der Waals surface area contributed by atoms with E-state index in [-0.39, 0.29) is 11.0 Å². The van der Waals surface area contributed by atoms with Crippen molar-refractivity contribution in [3.05, 3.63) is 61.4 Å². The second kappa shape index (κ2) is 6.44. The van der Waals surface area contributed by atoms with Crippen LogP contribution in [0.4, 0.5) is 5.69 Å². The molecule has 2 aromatic heterocycles. The van der Waals surface area contributed by atoms with E-state index in [1.807, 2.05) is 26.2 Å². The van der Waals surface area contributed by atoms with Gasteiger partial charge in [0.15, 0.2) is 4.96 Å². The molecule has 8 heteroatoms. The number of hydrogen-bond donors (Lipinski definition) is 1. The number of carbonyl (C=O) groups is 1. The lowest BCUT2D eigenvalue weighted by molar-refractivity contribution is 0.102.